The summed E-state index contributed by atoms with van der Waals surface area (Å²) in [4.78, 5) is 11.4. The fourth-order valence-corrected chi connectivity index (χ4v) is 2.41. The van der Waals surface area contributed by atoms with Crippen molar-refractivity contribution in [3.05, 3.63) is 23.3 Å². The van der Waals surface area contributed by atoms with Crippen molar-refractivity contribution < 1.29 is 4.79 Å². The highest BCUT2D eigenvalue weighted by Gasteiger charge is 2.26. The quantitative estimate of drug-likeness (QED) is 0.742. The molecule has 0 saturated heterocycles. The van der Waals surface area contributed by atoms with Gasteiger partial charge >= 0.3 is 0 Å². The topological polar surface area (TPSA) is 43.1 Å². The Labute approximate surface area is 98.6 Å². The Hall–Kier alpha value is -0.890. The van der Waals surface area contributed by atoms with E-state index >= 15 is 0 Å². The zero-order valence-corrected chi connectivity index (χ0v) is 10.7. The molecule has 0 aromatic heterocycles. The van der Waals surface area contributed by atoms with Gasteiger partial charge in [-0.15, -0.1) is 0 Å². The molecule has 0 unspecified atom stereocenters. The van der Waals surface area contributed by atoms with Crippen LogP contribution in [0.15, 0.2) is 23.3 Å². The highest BCUT2D eigenvalue weighted by atomic mass is 16.1. The van der Waals surface area contributed by atoms with Crippen LogP contribution < -0.4 is 5.73 Å². The van der Waals surface area contributed by atoms with E-state index in [-0.39, 0.29) is 11.2 Å². The van der Waals surface area contributed by atoms with Gasteiger partial charge in [-0.2, -0.15) is 0 Å². The van der Waals surface area contributed by atoms with Gasteiger partial charge in [0.15, 0.2) is 5.78 Å². The number of carbonyl (C=O) groups is 1. The summed E-state index contributed by atoms with van der Waals surface area (Å²) in [6, 6.07) is 0. The van der Waals surface area contributed by atoms with Crippen molar-refractivity contribution in [2.45, 2.75) is 46.5 Å². The summed E-state index contributed by atoms with van der Waals surface area (Å²) in [6.45, 7) is 7.12. The average molecular weight is 221 g/mol. The van der Waals surface area contributed by atoms with E-state index < -0.39 is 0 Å². The first-order chi connectivity index (χ1) is 7.47. The van der Waals surface area contributed by atoms with Gasteiger partial charge in [0.25, 0.3) is 0 Å². The number of hydrogen-bond donors (Lipinski definition) is 1. The lowest BCUT2D eigenvalue weighted by Gasteiger charge is -2.32. The van der Waals surface area contributed by atoms with Crippen LogP contribution in [0, 0.1) is 5.41 Å². The summed E-state index contributed by atoms with van der Waals surface area (Å²) < 4.78 is 0. The van der Waals surface area contributed by atoms with Crippen molar-refractivity contribution in [2.24, 2.45) is 11.1 Å². The lowest BCUT2D eigenvalue weighted by atomic mass is 9.72. The van der Waals surface area contributed by atoms with Crippen LogP contribution in [-0.2, 0) is 4.79 Å². The van der Waals surface area contributed by atoms with Crippen molar-refractivity contribution in [3.63, 3.8) is 0 Å². The summed E-state index contributed by atoms with van der Waals surface area (Å²) >= 11 is 0. The first kappa shape index (κ1) is 13.2. The fraction of sp³-hybridized carbons (Fsp3) is 0.643. The Morgan fingerprint density at radius 2 is 2.19 bits per heavy atom. The van der Waals surface area contributed by atoms with Gasteiger partial charge in [0.2, 0.25) is 0 Å². The summed E-state index contributed by atoms with van der Waals surface area (Å²) in [5.41, 5.74) is 8.32. The van der Waals surface area contributed by atoms with E-state index in [4.69, 9.17) is 5.73 Å². The fourth-order valence-electron chi connectivity index (χ4n) is 2.41. The molecule has 16 heavy (non-hydrogen) atoms. The van der Waals surface area contributed by atoms with Crippen molar-refractivity contribution in [1.29, 1.82) is 0 Å². The van der Waals surface area contributed by atoms with Crippen LogP contribution in [0.25, 0.3) is 0 Å². The van der Waals surface area contributed by atoms with Gasteiger partial charge < -0.3 is 5.73 Å². The van der Waals surface area contributed by atoms with E-state index in [0.29, 0.717) is 13.0 Å². The van der Waals surface area contributed by atoms with Crippen LogP contribution in [0.4, 0.5) is 0 Å². The van der Waals surface area contributed by atoms with Crippen LogP contribution >= 0.6 is 0 Å². The summed E-state index contributed by atoms with van der Waals surface area (Å²) in [7, 11) is 0. The molecule has 0 aromatic rings. The smallest absolute Gasteiger partial charge is 0.156 e. The molecule has 2 N–H and O–H groups in total. The summed E-state index contributed by atoms with van der Waals surface area (Å²) in [5, 5.41) is 0. The molecule has 0 amide bonds. The van der Waals surface area contributed by atoms with Gasteiger partial charge in [-0.05, 0) is 49.8 Å². The molecule has 2 heteroatoms. The molecule has 0 fully saturated rings. The predicted octanol–water partition coefficient (Wildman–Crippen LogP) is 2.99. The molecule has 2 nitrogen and oxygen atoms in total. The molecule has 1 aliphatic carbocycles. The van der Waals surface area contributed by atoms with Crippen LogP contribution in [0.3, 0.4) is 0 Å². The van der Waals surface area contributed by atoms with E-state index in [1.807, 2.05) is 6.08 Å². The number of ketones is 1. The van der Waals surface area contributed by atoms with Crippen LogP contribution in [0.5, 0.6) is 0 Å². The van der Waals surface area contributed by atoms with Crippen LogP contribution in [0.2, 0.25) is 0 Å². The molecule has 0 saturated carbocycles. The monoisotopic (exact) mass is 221 g/mol. The number of allylic oxidation sites excluding steroid dienone is 4. The SMILES string of the molecule is CC1=C(C=CC(=O)CCN)C(C)(C)CCC1. The molecule has 0 aliphatic heterocycles. The van der Waals surface area contributed by atoms with E-state index in [9.17, 15) is 4.79 Å². The van der Waals surface area contributed by atoms with E-state index in [1.165, 1.54) is 24.0 Å². The van der Waals surface area contributed by atoms with E-state index in [1.54, 1.807) is 6.08 Å². The highest BCUT2D eigenvalue weighted by molar-refractivity contribution is 5.90. The molecular formula is C14H23NO. The van der Waals surface area contributed by atoms with Crippen LogP contribution in [0.1, 0.15) is 46.5 Å². The largest absolute Gasteiger partial charge is 0.330 e. The second-order valence-corrected chi connectivity index (χ2v) is 5.27. The maximum atomic E-state index is 11.4. The zero-order valence-electron chi connectivity index (χ0n) is 10.7. The third-order valence-electron chi connectivity index (χ3n) is 3.37. The lowest BCUT2D eigenvalue weighted by molar-refractivity contribution is -0.114. The summed E-state index contributed by atoms with van der Waals surface area (Å²) in [6.07, 6.45) is 7.77. The number of carbonyl (C=O) groups excluding carboxylic acids is 1. The Bertz CT molecular complexity index is 324. The Morgan fingerprint density at radius 1 is 1.50 bits per heavy atom. The molecule has 0 radical (unpaired) electrons. The van der Waals surface area contributed by atoms with Crippen molar-refractivity contribution >= 4 is 5.78 Å². The Balaban J connectivity index is 2.81. The van der Waals surface area contributed by atoms with Gasteiger partial charge in [0, 0.05) is 6.42 Å². The number of hydrogen-bond acceptors (Lipinski definition) is 2. The molecule has 0 aromatic carbocycles. The van der Waals surface area contributed by atoms with Crippen molar-refractivity contribution in [3.8, 4) is 0 Å². The first-order valence-electron chi connectivity index (χ1n) is 6.08. The second kappa shape index (κ2) is 5.44. The van der Waals surface area contributed by atoms with Gasteiger partial charge in [-0.1, -0.05) is 25.5 Å². The Morgan fingerprint density at radius 3 is 2.75 bits per heavy atom. The zero-order chi connectivity index (χ0) is 12.2. The van der Waals surface area contributed by atoms with Gasteiger partial charge in [-0.3, -0.25) is 4.79 Å². The lowest BCUT2D eigenvalue weighted by Crippen LogP contribution is -2.19. The number of nitrogens with two attached hydrogens (primary N) is 1. The van der Waals surface area contributed by atoms with Crippen molar-refractivity contribution in [1.82, 2.24) is 0 Å². The third-order valence-corrected chi connectivity index (χ3v) is 3.37. The van der Waals surface area contributed by atoms with E-state index in [2.05, 4.69) is 20.8 Å². The highest BCUT2D eigenvalue weighted by Crippen LogP contribution is 2.40. The normalized spacial score (nSPS) is 20.5. The standard InChI is InChI=1S/C14H23NO/c1-11-5-4-9-14(2,3)13(11)7-6-12(16)8-10-15/h6-7H,4-5,8-10,15H2,1-3H3. The van der Waals surface area contributed by atoms with Gasteiger partial charge in [0.1, 0.15) is 0 Å². The summed E-state index contributed by atoms with van der Waals surface area (Å²) in [5.74, 6) is 0.129. The maximum absolute atomic E-state index is 11.4. The predicted molar refractivity (Wildman–Crippen MR) is 68.2 cm³/mol. The molecule has 0 bridgehead atoms. The maximum Gasteiger partial charge on any atom is 0.156 e. The van der Waals surface area contributed by atoms with Gasteiger partial charge in [0.05, 0.1) is 0 Å². The molecule has 1 aliphatic rings. The van der Waals surface area contributed by atoms with E-state index in [0.717, 1.165) is 6.42 Å². The molecule has 1 rings (SSSR count). The minimum atomic E-state index is 0.129. The minimum Gasteiger partial charge on any atom is -0.330 e. The first-order valence-corrected chi connectivity index (χ1v) is 6.08. The van der Waals surface area contributed by atoms with Crippen LogP contribution in [-0.4, -0.2) is 12.3 Å². The average Bonchev–Trinajstić information content (AvgIpc) is 2.16. The van der Waals surface area contributed by atoms with Crippen molar-refractivity contribution in [2.75, 3.05) is 6.54 Å². The Kier molecular flexibility index (Phi) is 4.48. The molecular weight excluding hydrogens is 198 g/mol. The molecule has 90 valence electrons. The van der Waals surface area contributed by atoms with Gasteiger partial charge in [-0.25, -0.2) is 0 Å². The minimum absolute atomic E-state index is 0.129. The molecule has 0 spiro atoms. The molecule has 0 atom stereocenters. The number of rotatable bonds is 4. The second-order valence-electron chi connectivity index (χ2n) is 5.27. The third kappa shape index (κ3) is 3.31. The molecule has 0 heterocycles.